The molecule has 4 nitrogen and oxygen atoms in total. The van der Waals surface area contributed by atoms with Crippen LogP contribution in [0.15, 0.2) is 10.5 Å². The van der Waals surface area contributed by atoms with Crippen LogP contribution in [0, 0.1) is 0 Å². The zero-order chi connectivity index (χ0) is 12.1. The second-order valence-electron chi connectivity index (χ2n) is 3.16. The van der Waals surface area contributed by atoms with Crippen molar-refractivity contribution >= 4 is 28.3 Å². The SMILES string of the molecule is COc1cc(CCN)c(Br)c(OC)c1OC.Cl. The fraction of sp³-hybridized carbons (Fsp3) is 0.455. The lowest BCUT2D eigenvalue weighted by Crippen LogP contribution is -2.05. The van der Waals surface area contributed by atoms with E-state index in [4.69, 9.17) is 19.9 Å². The first-order valence-corrected chi connectivity index (χ1v) is 5.66. The molecule has 6 heteroatoms. The molecule has 0 spiro atoms. The van der Waals surface area contributed by atoms with E-state index in [1.807, 2.05) is 6.07 Å². The molecule has 1 rings (SSSR count). The molecule has 0 heterocycles. The number of nitrogens with two attached hydrogens (primary N) is 1. The van der Waals surface area contributed by atoms with Gasteiger partial charge in [0, 0.05) is 0 Å². The van der Waals surface area contributed by atoms with Crippen LogP contribution < -0.4 is 19.9 Å². The lowest BCUT2D eigenvalue weighted by atomic mass is 10.1. The molecular weight excluding hydrogens is 309 g/mol. The van der Waals surface area contributed by atoms with E-state index in [1.165, 1.54) is 0 Å². The highest BCUT2D eigenvalue weighted by atomic mass is 79.9. The van der Waals surface area contributed by atoms with Crippen molar-refractivity contribution < 1.29 is 14.2 Å². The van der Waals surface area contributed by atoms with Crippen molar-refractivity contribution in [2.24, 2.45) is 5.73 Å². The van der Waals surface area contributed by atoms with Gasteiger partial charge in [0.1, 0.15) is 0 Å². The zero-order valence-electron chi connectivity index (χ0n) is 10.1. The summed E-state index contributed by atoms with van der Waals surface area (Å²) in [5.74, 6) is 1.86. The molecule has 0 aliphatic heterocycles. The summed E-state index contributed by atoms with van der Waals surface area (Å²) in [6.07, 6.45) is 0.747. The summed E-state index contributed by atoms with van der Waals surface area (Å²) < 4.78 is 16.7. The maximum atomic E-state index is 5.55. The van der Waals surface area contributed by atoms with Gasteiger partial charge in [-0.05, 0) is 40.5 Å². The van der Waals surface area contributed by atoms with Gasteiger partial charge in [-0.3, -0.25) is 0 Å². The number of ether oxygens (including phenoxy) is 3. The van der Waals surface area contributed by atoms with Gasteiger partial charge >= 0.3 is 0 Å². The molecule has 0 saturated heterocycles. The van der Waals surface area contributed by atoms with Crippen molar-refractivity contribution in [2.45, 2.75) is 6.42 Å². The van der Waals surface area contributed by atoms with E-state index in [2.05, 4.69) is 15.9 Å². The van der Waals surface area contributed by atoms with Crippen molar-refractivity contribution in [1.29, 1.82) is 0 Å². The van der Waals surface area contributed by atoms with Crippen molar-refractivity contribution in [3.05, 3.63) is 16.1 Å². The van der Waals surface area contributed by atoms with Crippen molar-refractivity contribution in [3.8, 4) is 17.2 Å². The van der Waals surface area contributed by atoms with Crippen LogP contribution in [0.1, 0.15) is 5.56 Å². The summed E-state index contributed by atoms with van der Waals surface area (Å²) in [5, 5.41) is 0. The van der Waals surface area contributed by atoms with Crippen LogP contribution in [0.4, 0.5) is 0 Å². The van der Waals surface area contributed by atoms with Gasteiger partial charge in [-0.1, -0.05) is 0 Å². The van der Waals surface area contributed by atoms with Crippen LogP contribution >= 0.6 is 28.3 Å². The second-order valence-corrected chi connectivity index (χ2v) is 3.95. The summed E-state index contributed by atoms with van der Waals surface area (Å²) >= 11 is 3.48. The Kier molecular flexibility index (Phi) is 7.34. The third-order valence-corrected chi connectivity index (χ3v) is 3.13. The maximum Gasteiger partial charge on any atom is 0.204 e. The van der Waals surface area contributed by atoms with Gasteiger partial charge in [-0.2, -0.15) is 0 Å². The minimum Gasteiger partial charge on any atom is -0.493 e. The number of benzene rings is 1. The molecule has 0 fully saturated rings. The fourth-order valence-electron chi connectivity index (χ4n) is 1.51. The Bertz CT molecular complexity index is 374. The Morgan fingerprint density at radius 2 is 1.71 bits per heavy atom. The molecule has 1 aromatic rings. The molecule has 1 aromatic carbocycles. The van der Waals surface area contributed by atoms with E-state index in [0.29, 0.717) is 23.8 Å². The molecule has 0 aliphatic rings. The van der Waals surface area contributed by atoms with Gasteiger partial charge in [0.05, 0.1) is 25.8 Å². The van der Waals surface area contributed by atoms with Crippen LogP contribution in [0.2, 0.25) is 0 Å². The molecule has 0 unspecified atom stereocenters. The Labute approximate surface area is 116 Å². The Hall–Kier alpha value is -0.650. The van der Waals surface area contributed by atoms with E-state index in [0.717, 1.165) is 16.5 Å². The predicted octanol–water partition coefficient (Wildman–Crippen LogP) is 2.40. The number of halogens is 2. The van der Waals surface area contributed by atoms with E-state index in [-0.39, 0.29) is 12.4 Å². The minimum atomic E-state index is 0. The third kappa shape index (κ3) is 3.40. The molecule has 0 amide bonds. The standard InChI is InChI=1S/C11H16BrNO3.ClH/c1-14-8-6-7(4-5-13)9(12)11(16-3)10(8)15-2;/h6H,4-5,13H2,1-3H3;1H. The van der Waals surface area contributed by atoms with E-state index >= 15 is 0 Å². The largest absolute Gasteiger partial charge is 0.493 e. The van der Waals surface area contributed by atoms with E-state index in [9.17, 15) is 0 Å². The Morgan fingerprint density at radius 1 is 1.12 bits per heavy atom. The summed E-state index contributed by atoms with van der Waals surface area (Å²) in [5.41, 5.74) is 6.59. The van der Waals surface area contributed by atoms with Crippen molar-refractivity contribution in [1.82, 2.24) is 0 Å². The Balaban J connectivity index is 0.00000256. The first kappa shape index (κ1) is 16.4. The van der Waals surface area contributed by atoms with Crippen LogP contribution in [-0.4, -0.2) is 27.9 Å². The lowest BCUT2D eigenvalue weighted by molar-refractivity contribution is 0.322. The molecule has 17 heavy (non-hydrogen) atoms. The van der Waals surface area contributed by atoms with Crippen LogP contribution in [-0.2, 0) is 6.42 Å². The number of methoxy groups -OCH3 is 3. The molecule has 98 valence electrons. The summed E-state index contributed by atoms with van der Waals surface area (Å²) in [4.78, 5) is 0. The Morgan fingerprint density at radius 3 is 2.12 bits per heavy atom. The van der Waals surface area contributed by atoms with Gasteiger partial charge in [0.15, 0.2) is 11.5 Å². The molecule has 0 atom stereocenters. The minimum absolute atomic E-state index is 0. The summed E-state index contributed by atoms with van der Waals surface area (Å²) in [6, 6.07) is 1.90. The first-order chi connectivity index (χ1) is 7.69. The highest BCUT2D eigenvalue weighted by Gasteiger charge is 2.18. The molecule has 0 saturated carbocycles. The van der Waals surface area contributed by atoms with E-state index in [1.54, 1.807) is 21.3 Å². The molecular formula is C11H17BrClNO3. The monoisotopic (exact) mass is 325 g/mol. The number of rotatable bonds is 5. The average Bonchev–Trinajstić information content (AvgIpc) is 2.31. The lowest BCUT2D eigenvalue weighted by Gasteiger charge is -2.16. The normalized spacial score (nSPS) is 9.47. The topological polar surface area (TPSA) is 53.7 Å². The molecule has 0 aromatic heterocycles. The fourth-order valence-corrected chi connectivity index (χ4v) is 2.16. The predicted molar refractivity (Wildman–Crippen MR) is 73.8 cm³/mol. The third-order valence-electron chi connectivity index (χ3n) is 2.26. The quantitative estimate of drug-likeness (QED) is 0.903. The molecule has 0 aliphatic carbocycles. The van der Waals surface area contributed by atoms with E-state index < -0.39 is 0 Å². The van der Waals surface area contributed by atoms with Gasteiger partial charge in [0.2, 0.25) is 5.75 Å². The second kappa shape index (κ2) is 7.63. The van der Waals surface area contributed by atoms with Gasteiger partial charge < -0.3 is 19.9 Å². The van der Waals surface area contributed by atoms with Gasteiger partial charge in [-0.15, -0.1) is 12.4 Å². The molecule has 0 radical (unpaired) electrons. The van der Waals surface area contributed by atoms with Gasteiger partial charge in [-0.25, -0.2) is 0 Å². The van der Waals surface area contributed by atoms with Crippen molar-refractivity contribution in [3.63, 3.8) is 0 Å². The van der Waals surface area contributed by atoms with Crippen LogP contribution in [0.3, 0.4) is 0 Å². The number of hydrogen-bond donors (Lipinski definition) is 1. The van der Waals surface area contributed by atoms with Crippen LogP contribution in [0.25, 0.3) is 0 Å². The molecule has 2 N–H and O–H groups in total. The van der Waals surface area contributed by atoms with Crippen molar-refractivity contribution in [2.75, 3.05) is 27.9 Å². The highest BCUT2D eigenvalue weighted by molar-refractivity contribution is 9.10. The summed E-state index contributed by atoms with van der Waals surface area (Å²) in [7, 11) is 4.77. The smallest absolute Gasteiger partial charge is 0.204 e. The summed E-state index contributed by atoms with van der Waals surface area (Å²) in [6.45, 7) is 0.567. The van der Waals surface area contributed by atoms with Gasteiger partial charge in [0.25, 0.3) is 0 Å². The van der Waals surface area contributed by atoms with Crippen LogP contribution in [0.5, 0.6) is 17.2 Å². The zero-order valence-corrected chi connectivity index (χ0v) is 12.5. The number of hydrogen-bond acceptors (Lipinski definition) is 4. The molecule has 0 bridgehead atoms. The highest BCUT2D eigenvalue weighted by Crippen LogP contribution is 2.44. The first-order valence-electron chi connectivity index (χ1n) is 4.87. The maximum absolute atomic E-state index is 5.55. The average molecular weight is 327 g/mol.